The van der Waals surface area contributed by atoms with Crippen LogP contribution in [0.3, 0.4) is 0 Å². The van der Waals surface area contributed by atoms with Gasteiger partial charge < -0.3 is 16.0 Å². The Kier molecular flexibility index (Phi) is 10.4. The second kappa shape index (κ2) is 10.8. The number of halogens is 3. The topological polar surface area (TPSA) is 58.4 Å². The van der Waals surface area contributed by atoms with Crippen molar-refractivity contribution in [1.29, 1.82) is 0 Å². The molecule has 1 amide bonds. The minimum atomic E-state index is -0.435. The van der Waals surface area contributed by atoms with Crippen LogP contribution in [0.5, 0.6) is 0 Å². The summed E-state index contributed by atoms with van der Waals surface area (Å²) in [5, 5.41) is 3.09. The number of anilines is 1. The van der Waals surface area contributed by atoms with Gasteiger partial charge in [0.15, 0.2) is 0 Å². The maximum atomic E-state index is 13.0. The lowest BCUT2D eigenvalue weighted by Gasteiger charge is -2.29. The maximum absolute atomic E-state index is 13.0. The van der Waals surface area contributed by atoms with Crippen LogP contribution in [0, 0.1) is 17.2 Å². The number of nitrogens with one attached hydrogen (secondary N) is 1. The Morgan fingerprint density at radius 3 is 2.40 bits per heavy atom. The molecule has 2 rings (SSSR count). The van der Waals surface area contributed by atoms with Gasteiger partial charge in [-0.05, 0) is 49.4 Å². The van der Waals surface area contributed by atoms with Gasteiger partial charge in [0.2, 0.25) is 5.91 Å². The number of nitrogens with zero attached hydrogens (tertiary/aromatic N) is 1. The molecule has 0 saturated carbocycles. The number of benzene rings is 1. The zero-order valence-corrected chi connectivity index (χ0v) is 16.6. The fraction of sp³-hybridized carbons (Fsp3) is 0.611. The fourth-order valence-corrected chi connectivity index (χ4v) is 3.26. The van der Waals surface area contributed by atoms with E-state index >= 15 is 0 Å². The molecule has 1 heterocycles. The van der Waals surface area contributed by atoms with Gasteiger partial charge in [0.1, 0.15) is 5.82 Å². The van der Waals surface area contributed by atoms with Crippen LogP contribution in [0.4, 0.5) is 10.1 Å². The van der Waals surface area contributed by atoms with Gasteiger partial charge in [-0.1, -0.05) is 13.8 Å². The summed E-state index contributed by atoms with van der Waals surface area (Å²) in [4.78, 5) is 14.7. The smallest absolute Gasteiger partial charge is 0.227 e. The highest BCUT2D eigenvalue weighted by molar-refractivity contribution is 5.85. The van der Waals surface area contributed by atoms with Gasteiger partial charge in [0, 0.05) is 31.9 Å². The average Bonchev–Trinajstić information content (AvgIpc) is 3.04. The molecular formula is C18H30Cl2FN3O. The van der Waals surface area contributed by atoms with Crippen LogP contribution in [0.2, 0.25) is 0 Å². The van der Waals surface area contributed by atoms with Crippen LogP contribution in [0.25, 0.3) is 0 Å². The van der Waals surface area contributed by atoms with E-state index in [4.69, 9.17) is 5.73 Å². The Hall–Kier alpha value is -1.04. The summed E-state index contributed by atoms with van der Waals surface area (Å²) in [6.07, 6.45) is 2.56. The van der Waals surface area contributed by atoms with E-state index in [1.165, 1.54) is 12.1 Å². The van der Waals surface area contributed by atoms with Gasteiger partial charge >= 0.3 is 0 Å². The standard InChI is InChI=1S/C18H28FN3O.2ClH/c1-3-18(4-2,13-20)17(23)21-11-14-9-10-22(12-14)16-7-5-15(19)6-8-16;;/h5-8,14H,3-4,9-13,20H2,1-2H3,(H,21,23);2*1H. The molecule has 7 heteroatoms. The number of carbonyl (C=O) groups is 1. The summed E-state index contributed by atoms with van der Waals surface area (Å²) in [6, 6.07) is 6.60. The van der Waals surface area contributed by atoms with Crippen LogP contribution in [-0.4, -0.2) is 32.1 Å². The Morgan fingerprint density at radius 1 is 1.28 bits per heavy atom. The van der Waals surface area contributed by atoms with E-state index in [0.29, 0.717) is 19.0 Å². The molecule has 1 aromatic rings. The van der Waals surface area contributed by atoms with Crippen LogP contribution in [0.15, 0.2) is 24.3 Å². The largest absolute Gasteiger partial charge is 0.371 e. The quantitative estimate of drug-likeness (QED) is 0.746. The number of amides is 1. The van der Waals surface area contributed by atoms with Gasteiger partial charge in [-0.25, -0.2) is 4.39 Å². The zero-order valence-electron chi connectivity index (χ0n) is 15.0. The first-order valence-electron chi connectivity index (χ1n) is 8.53. The third-order valence-electron chi connectivity index (χ3n) is 5.25. The van der Waals surface area contributed by atoms with Crippen molar-refractivity contribution in [1.82, 2.24) is 5.32 Å². The number of nitrogens with two attached hydrogens (primary N) is 1. The Bertz CT molecular complexity index is 515. The molecule has 25 heavy (non-hydrogen) atoms. The lowest BCUT2D eigenvalue weighted by molar-refractivity contribution is -0.131. The summed E-state index contributed by atoms with van der Waals surface area (Å²) in [5.74, 6) is 0.285. The molecule has 144 valence electrons. The van der Waals surface area contributed by atoms with Gasteiger partial charge in [-0.2, -0.15) is 0 Å². The third kappa shape index (κ3) is 5.73. The van der Waals surface area contributed by atoms with Crippen LogP contribution < -0.4 is 16.0 Å². The van der Waals surface area contributed by atoms with E-state index in [1.807, 2.05) is 26.0 Å². The third-order valence-corrected chi connectivity index (χ3v) is 5.25. The summed E-state index contributed by atoms with van der Waals surface area (Å²) in [7, 11) is 0. The number of carbonyl (C=O) groups excluding carboxylic acids is 1. The van der Waals surface area contributed by atoms with Gasteiger partial charge in [0.05, 0.1) is 5.41 Å². The van der Waals surface area contributed by atoms with Crippen LogP contribution in [-0.2, 0) is 4.79 Å². The predicted molar refractivity (Wildman–Crippen MR) is 106 cm³/mol. The molecule has 3 N–H and O–H groups in total. The molecule has 0 aliphatic carbocycles. The lowest BCUT2D eigenvalue weighted by atomic mass is 9.81. The normalized spacial score (nSPS) is 16.8. The van der Waals surface area contributed by atoms with E-state index < -0.39 is 5.41 Å². The van der Waals surface area contributed by atoms with E-state index in [0.717, 1.165) is 38.0 Å². The van der Waals surface area contributed by atoms with Crippen molar-refractivity contribution in [3.05, 3.63) is 30.1 Å². The molecule has 1 unspecified atom stereocenters. The first-order valence-corrected chi connectivity index (χ1v) is 8.53. The van der Waals surface area contributed by atoms with Crippen LogP contribution >= 0.6 is 24.8 Å². The van der Waals surface area contributed by atoms with Gasteiger partial charge in [0.25, 0.3) is 0 Å². The van der Waals surface area contributed by atoms with Crippen molar-refractivity contribution in [2.45, 2.75) is 33.1 Å². The molecule has 4 nitrogen and oxygen atoms in total. The molecule has 0 radical (unpaired) electrons. The van der Waals surface area contributed by atoms with Crippen molar-refractivity contribution in [3.8, 4) is 0 Å². The van der Waals surface area contributed by atoms with Crippen molar-refractivity contribution in [2.24, 2.45) is 17.1 Å². The molecule has 1 saturated heterocycles. The van der Waals surface area contributed by atoms with E-state index in [9.17, 15) is 9.18 Å². The lowest BCUT2D eigenvalue weighted by Crippen LogP contribution is -2.46. The SMILES string of the molecule is CCC(CC)(CN)C(=O)NCC1CCN(c2ccc(F)cc2)C1.Cl.Cl. The molecule has 1 aliphatic rings. The van der Waals surface area contributed by atoms with E-state index in [2.05, 4.69) is 10.2 Å². The first kappa shape index (κ1) is 24.0. The minimum absolute atomic E-state index is 0. The number of rotatable bonds is 7. The molecule has 1 aromatic carbocycles. The average molecular weight is 394 g/mol. The molecule has 0 bridgehead atoms. The summed E-state index contributed by atoms with van der Waals surface area (Å²) in [5.41, 5.74) is 6.43. The van der Waals surface area contributed by atoms with Crippen molar-refractivity contribution < 1.29 is 9.18 Å². The highest BCUT2D eigenvalue weighted by atomic mass is 35.5. The summed E-state index contributed by atoms with van der Waals surface area (Å²) in [6.45, 7) is 6.93. The predicted octanol–water partition coefficient (Wildman–Crippen LogP) is 3.38. The van der Waals surface area contributed by atoms with E-state index in [1.54, 1.807) is 0 Å². The second-order valence-corrected chi connectivity index (χ2v) is 6.48. The fourth-order valence-electron chi connectivity index (χ4n) is 3.26. The highest BCUT2D eigenvalue weighted by Gasteiger charge is 2.34. The molecule has 0 aromatic heterocycles. The molecule has 1 atom stereocenters. The van der Waals surface area contributed by atoms with Crippen molar-refractivity contribution in [3.63, 3.8) is 0 Å². The highest BCUT2D eigenvalue weighted by Crippen LogP contribution is 2.26. The molecule has 0 spiro atoms. The molecule has 1 aliphatic heterocycles. The Morgan fingerprint density at radius 2 is 1.88 bits per heavy atom. The minimum Gasteiger partial charge on any atom is -0.371 e. The second-order valence-electron chi connectivity index (χ2n) is 6.48. The molecular weight excluding hydrogens is 364 g/mol. The zero-order chi connectivity index (χ0) is 16.9. The monoisotopic (exact) mass is 393 g/mol. The maximum Gasteiger partial charge on any atom is 0.227 e. The first-order chi connectivity index (χ1) is 11.0. The number of hydrogen-bond donors (Lipinski definition) is 2. The van der Waals surface area contributed by atoms with Crippen molar-refractivity contribution in [2.75, 3.05) is 31.1 Å². The van der Waals surface area contributed by atoms with Crippen LogP contribution in [0.1, 0.15) is 33.1 Å². The van der Waals surface area contributed by atoms with Gasteiger partial charge in [-0.15, -0.1) is 24.8 Å². The van der Waals surface area contributed by atoms with Crippen molar-refractivity contribution >= 4 is 36.4 Å². The Balaban J connectivity index is 0.00000288. The summed E-state index contributed by atoms with van der Waals surface area (Å²) < 4.78 is 13.0. The van der Waals surface area contributed by atoms with Gasteiger partial charge in [-0.3, -0.25) is 4.79 Å². The Labute approximate surface area is 162 Å². The molecule has 1 fully saturated rings. The van der Waals surface area contributed by atoms with E-state index in [-0.39, 0.29) is 36.5 Å². The number of hydrogen-bond acceptors (Lipinski definition) is 3. The summed E-state index contributed by atoms with van der Waals surface area (Å²) >= 11 is 0.